The van der Waals surface area contributed by atoms with E-state index in [9.17, 15) is 9.90 Å². The van der Waals surface area contributed by atoms with Crippen molar-refractivity contribution in [2.75, 3.05) is 5.32 Å². The molecular weight excluding hydrogens is 238 g/mol. The number of ketones is 1. The van der Waals surface area contributed by atoms with Crippen molar-refractivity contribution in [3.8, 4) is 5.75 Å². The third kappa shape index (κ3) is 1.76. The molecule has 0 saturated heterocycles. The lowest BCUT2D eigenvalue weighted by Gasteiger charge is -2.15. The van der Waals surface area contributed by atoms with Crippen LogP contribution in [0.3, 0.4) is 0 Å². The molecule has 0 unspecified atom stereocenters. The fourth-order valence-corrected chi connectivity index (χ4v) is 3.47. The van der Waals surface area contributed by atoms with Crippen molar-refractivity contribution in [1.82, 2.24) is 0 Å². The largest absolute Gasteiger partial charge is 0.506 e. The van der Waals surface area contributed by atoms with E-state index in [1.807, 2.05) is 19.1 Å². The van der Waals surface area contributed by atoms with Gasteiger partial charge in [-0.05, 0) is 36.3 Å². The van der Waals surface area contributed by atoms with Crippen LogP contribution in [-0.2, 0) is 4.79 Å². The van der Waals surface area contributed by atoms with Gasteiger partial charge in [0.05, 0.1) is 5.69 Å². The second kappa shape index (κ2) is 3.86. The summed E-state index contributed by atoms with van der Waals surface area (Å²) in [6.45, 7) is 6.38. The van der Waals surface area contributed by atoms with Crippen LogP contribution in [0.5, 0.6) is 5.75 Å². The molecule has 3 nitrogen and oxygen atoms in total. The first-order chi connectivity index (χ1) is 8.93. The zero-order valence-electron chi connectivity index (χ0n) is 11.5. The molecule has 1 aromatic rings. The van der Waals surface area contributed by atoms with Gasteiger partial charge >= 0.3 is 0 Å². The molecule has 0 radical (unpaired) electrons. The van der Waals surface area contributed by atoms with Crippen LogP contribution < -0.4 is 5.32 Å². The molecule has 2 aliphatic rings. The topological polar surface area (TPSA) is 49.3 Å². The van der Waals surface area contributed by atoms with Crippen molar-refractivity contribution in [3.63, 3.8) is 0 Å². The monoisotopic (exact) mass is 257 g/mol. The Balaban J connectivity index is 1.91. The predicted molar refractivity (Wildman–Crippen MR) is 74.8 cm³/mol. The predicted octanol–water partition coefficient (Wildman–Crippen LogP) is 3.32. The number of nitrogens with one attached hydrogen (secondary N) is 1. The van der Waals surface area contributed by atoms with Crippen molar-refractivity contribution >= 4 is 11.5 Å². The number of carbonyl (C=O) groups is 1. The lowest BCUT2D eigenvalue weighted by Crippen LogP contribution is -2.12. The zero-order valence-corrected chi connectivity index (χ0v) is 11.5. The van der Waals surface area contributed by atoms with E-state index in [1.165, 1.54) is 0 Å². The molecule has 2 N–H and O–H groups in total. The summed E-state index contributed by atoms with van der Waals surface area (Å²) in [6, 6.07) is 7.10. The molecule has 2 fully saturated rings. The van der Waals surface area contributed by atoms with Gasteiger partial charge in [0, 0.05) is 17.7 Å². The van der Waals surface area contributed by atoms with E-state index >= 15 is 0 Å². The minimum atomic E-state index is 0.208. The van der Waals surface area contributed by atoms with Crippen LogP contribution in [0.4, 0.5) is 5.69 Å². The number of benzene rings is 1. The van der Waals surface area contributed by atoms with E-state index in [1.54, 1.807) is 12.1 Å². The molecule has 0 bridgehead atoms. The van der Waals surface area contributed by atoms with Crippen molar-refractivity contribution in [1.29, 1.82) is 0 Å². The number of anilines is 1. The molecule has 0 amide bonds. The molecule has 3 heteroatoms. The fourth-order valence-electron chi connectivity index (χ4n) is 3.47. The number of aromatic hydroxyl groups is 1. The van der Waals surface area contributed by atoms with Crippen molar-refractivity contribution in [3.05, 3.63) is 35.5 Å². The van der Waals surface area contributed by atoms with Gasteiger partial charge in [0.15, 0.2) is 5.78 Å². The number of hydrogen-bond acceptors (Lipinski definition) is 3. The summed E-state index contributed by atoms with van der Waals surface area (Å²) in [4.78, 5) is 12.1. The summed E-state index contributed by atoms with van der Waals surface area (Å²) in [7, 11) is 0. The first kappa shape index (κ1) is 12.3. The smallest absolute Gasteiger partial charge is 0.161 e. The molecule has 2 atom stereocenters. The number of allylic oxidation sites excluding steroid dienone is 2. The second-order valence-corrected chi connectivity index (χ2v) is 6.21. The second-order valence-electron chi connectivity index (χ2n) is 6.21. The summed E-state index contributed by atoms with van der Waals surface area (Å²) >= 11 is 0. The number of para-hydroxylation sites is 2. The highest BCUT2D eigenvalue weighted by molar-refractivity contribution is 6.01. The van der Waals surface area contributed by atoms with Crippen LogP contribution in [-0.4, -0.2) is 10.9 Å². The van der Waals surface area contributed by atoms with Crippen LogP contribution in [0.15, 0.2) is 35.5 Å². The number of phenols is 1. The molecule has 3 rings (SSSR count). The Morgan fingerprint density at radius 2 is 2.05 bits per heavy atom. The normalized spacial score (nSPS) is 29.9. The highest BCUT2D eigenvalue weighted by Crippen LogP contribution is 2.68. The minimum Gasteiger partial charge on any atom is -0.506 e. The maximum absolute atomic E-state index is 12.1. The summed E-state index contributed by atoms with van der Waals surface area (Å²) in [6.07, 6.45) is 0.673. The van der Waals surface area contributed by atoms with Crippen LogP contribution >= 0.6 is 0 Å². The Morgan fingerprint density at radius 3 is 2.68 bits per heavy atom. The quantitative estimate of drug-likeness (QED) is 0.631. The summed E-state index contributed by atoms with van der Waals surface area (Å²) in [5.41, 5.74) is 2.72. The molecule has 0 heterocycles. The maximum Gasteiger partial charge on any atom is 0.161 e. The van der Waals surface area contributed by atoms with E-state index in [0.29, 0.717) is 23.9 Å². The Bertz CT molecular complexity index is 586. The van der Waals surface area contributed by atoms with Gasteiger partial charge in [-0.15, -0.1) is 0 Å². The minimum absolute atomic E-state index is 0.208. The molecular formula is C16H19NO2. The average molecular weight is 257 g/mol. The van der Waals surface area contributed by atoms with Crippen molar-refractivity contribution in [2.24, 2.45) is 17.3 Å². The summed E-state index contributed by atoms with van der Waals surface area (Å²) in [5.74, 6) is 1.36. The van der Waals surface area contributed by atoms with Crippen LogP contribution in [0.25, 0.3) is 0 Å². The summed E-state index contributed by atoms with van der Waals surface area (Å²) in [5, 5.41) is 13.0. The highest BCUT2D eigenvalue weighted by atomic mass is 16.3. The van der Waals surface area contributed by atoms with Gasteiger partial charge in [-0.2, -0.15) is 0 Å². The van der Waals surface area contributed by atoms with Gasteiger partial charge in [-0.3, -0.25) is 4.79 Å². The van der Waals surface area contributed by atoms with E-state index in [2.05, 4.69) is 19.2 Å². The van der Waals surface area contributed by atoms with Crippen molar-refractivity contribution < 1.29 is 9.90 Å². The number of carbonyl (C=O) groups excluding carboxylic acids is 1. The molecule has 2 saturated carbocycles. The number of Topliss-reactive ketones (excluding diaryl/α,β-unsaturated/α-hetero) is 1. The third-order valence-corrected chi connectivity index (χ3v) is 4.70. The average Bonchev–Trinajstić information content (AvgIpc) is 2.72. The molecule has 0 spiro atoms. The third-order valence-electron chi connectivity index (χ3n) is 4.70. The number of hydrogen-bond donors (Lipinski definition) is 2. The SMILES string of the molecule is C/C(Nc1ccccc1O)=C1/C(=O)C[C@H]2[C@H]1C2(C)C. The van der Waals surface area contributed by atoms with Gasteiger partial charge in [-0.25, -0.2) is 0 Å². The number of phenolic OH excluding ortho intramolecular Hbond substituents is 1. The van der Waals surface area contributed by atoms with Gasteiger partial charge in [0.25, 0.3) is 0 Å². The Morgan fingerprint density at radius 1 is 1.37 bits per heavy atom. The Kier molecular flexibility index (Phi) is 2.49. The standard InChI is InChI=1S/C16H19NO2/c1-9(17-11-6-4-5-7-12(11)18)14-13(19)8-10-15(14)16(10,2)3/h4-7,10,15,17-18H,8H2,1-3H3/b14-9+/t10-,15+/m0/s1. The zero-order chi connectivity index (χ0) is 13.8. The molecule has 2 aliphatic carbocycles. The van der Waals surface area contributed by atoms with Crippen LogP contribution in [0, 0.1) is 17.3 Å². The van der Waals surface area contributed by atoms with Gasteiger partial charge in [0.2, 0.25) is 0 Å². The van der Waals surface area contributed by atoms with E-state index in [-0.39, 0.29) is 16.9 Å². The van der Waals surface area contributed by atoms with E-state index < -0.39 is 0 Å². The first-order valence-electron chi connectivity index (χ1n) is 6.72. The van der Waals surface area contributed by atoms with Gasteiger partial charge in [-0.1, -0.05) is 26.0 Å². The van der Waals surface area contributed by atoms with Gasteiger partial charge in [0.1, 0.15) is 5.75 Å². The molecule has 19 heavy (non-hydrogen) atoms. The van der Waals surface area contributed by atoms with Crippen molar-refractivity contribution in [2.45, 2.75) is 27.2 Å². The van der Waals surface area contributed by atoms with Gasteiger partial charge < -0.3 is 10.4 Å². The number of rotatable bonds is 2. The molecule has 0 aliphatic heterocycles. The van der Waals surface area contributed by atoms with Crippen LogP contribution in [0.1, 0.15) is 27.2 Å². The Labute approximate surface area is 113 Å². The number of fused-ring (bicyclic) bond motifs is 1. The fraction of sp³-hybridized carbons (Fsp3) is 0.438. The first-order valence-corrected chi connectivity index (χ1v) is 6.72. The maximum atomic E-state index is 12.1. The lowest BCUT2D eigenvalue weighted by atomic mass is 9.95. The van der Waals surface area contributed by atoms with Crippen LogP contribution in [0.2, 0.25) is 0 Å². The Hall–Kier alpha value is -1.77. The summed E-state index contributed by atoms with van der Waals surface area (Å²) < 4.78 is 0. The molecule has 100 valence electrons. The molecule has 0 aromatic heterocycles. The van der Waals surface area contributed by atoms with E-state index in [0.717, 1.165) is 11.3 Å². The lowest BCUT2D eigenvalue weighted by molar-refractivity contribution is -0.115. The molecule has 1 aromatic carbocycles. The highest BCUT2D eigenvalue weighted by Gasteiger charge is 2.65. The van der Waals surface area contributed by atoms with E-state index in [4.69, 9.17) is 0 Å².